The van der Waals surface area contributed by atoms with Crippen LogP contribution in [0.3, 0.4) is 0 Å². The van der Waals surface area contributed by atoms with E-state index in [4.69, 9.17) is 4.98 Å². The van der Waals surface area contributed by atoms with Gasteiger partial charge in [0.25, 0.3) is 5.56 Å². The number of hydrogen-bond acceptors (Lipinski definition) is 3. The van der Waals surface area contributed by atoms with Gasteiger partial charge in [-0.15, -0.1) is 0 Å². The summed E-state index contributed by atoms with van der Waals surface area (Å²) in [4.78, 5) is 31.8. The van der Waals surface area contributed by atoms with Crippen molar-refractivity contribution < 1.29 is 4.79 Å². The van der Waals surface area contributed by atoms with Crippen LogP contribution in [0.2, 0.25) is 0 Å². The molecule has 5 rings (SSSR count). The zero-order valence-corrected chi connectivity index (χ0v) is 14.0. The average molecular weight is 334 g/mol. The lowest BCUT2D eigenvalue weighted by molar-refractivity contribution is -0.133. The molecule has 1 aliphatic carbocycles. The summed E-state index contributed by atoms with van der Waals surface area (Å²) in [6.45, 7) is 2.76. The number of nitrogens with one attached hydrogen (secondary N) is 1. The topological polar surface area (TPSA) is 70.5 Å². The monoisotopic (exact) mass is 334 g/mol. The Morgan fingerprint density at radius 1 is 1.20 bits per heavy atom. The Morgan fingerprint density at radius 3 is 2.68 bits per heavy atom. The van der Waals surface area contributed by atoms with Gasteiger partial charge in [0, 0.05) is 17.2 Å². The first-order chi connectivity index (χ1) is 12.1. The van der Waals surface area contributed by atoms with Crippen molar-refractivity contribution in [2.45, 2.75) is 32.9 Å². The minimum atomic E-state index is -0.101. The van der Waals surface area contributed by atoms with E-state index in [2.05, 4.69) is 5.10 Å². The van der Waals surface area contributed by atoms with Crippen LogP contribution in [0.25, 0.3) is 16.8 Å². The molecule has 1 fully saturated rings. The minimum absolute atomic E-state index is 0.101. The van der Waals surface area contributed by atoms with Crippen LogP contribution in [-0.2, 0) is 17.9 Å². The molecule has 2 aliphatic rings. The molecule has 0 radical (unpaired) electrons. The predicted octanol–water partition coefficient (Wildman–Crippen LogP) is 2.25. The highest BCUT2D eigenvalue weighted by Gasteiger charge is 2.37. The zero-order chi connectivity index (χ0) is 17.1. The van der Waals surface area contributed by atoms with Crippen LogP contribution in [0, 0.1) is 12.8 Å². The van der Waals surface area contributed by atoms with E-state index in [-0.39, 0.29) is 17.4 Å². The number of hydrogen-bond donors (Lipinski definition) is 1. The molecule has 126 valence electrons. The van der Waals surface area contributed by atoms with Gasteiger partial charge in [0.15, 0.2) is 5.65 Å². The van der Waals surface area contributed by atoms with Crippen molar-refractivity contribution in [2.24, 2.45) is 5.92 Å². The fraction of sp³-hybridized carbons (Fsp3) is 0.316. The van der Waals surface area contributed by atoms with Gasteiger partial charge in [0.05, 0.1) is 24.3 Å². The molecule has 1 saturated carbocycles. The first-order valence-electron chi connectivity index (χ1n) is 8.61. The van der Waals surface area contributed by atoms with Crippen molar-refractivity contribution >= 4 is 11.6 Å². The van der Waals surface area contributed by atoms with Crippen LogP contribution < -0.4 is 5.56 Å². The number of carbonyl (C=O) groups excluding carboxylic acids is 1. The number of amides is 1. The highest BCUT2D eigenvalue weighted by molar-refractivity contribution is 5.82. The summed E-state index contributed by atoms with van der Waals surface area (Å²) in [6.07, 6.45) is 1.94. The van der Waals surface area contributed by atoms with Crippen LogP contribution in [0.5, 0.6) is 0 Å². The Labute approximate surface area is 144 Å². The van der Waals surface area contributed by atoms with Crippen LogP contribution in [0.4, 0.5) is 0 Å². The Bertz CT molecular complexity index is 1060. The van der Waals surface area contributed by atoms with E-state index >= 15 is 0 Å². The molecule has 0 unspecified atom stereocenters. The molecule has 0 atom stereocenters. The first kappa shape index (κ1) is 14.5. The normalized spacial score (nSPS) is 16.4. The number of fused-ring (bicyclic) bond motifs is 2. The van der Waals surface area contributed by atoms with Crippen LogP contribution in [-0.4, -0.2) is 25.4 Å². The highest BCUT2D eigenvalue weighted by atomic mass is 16.2. The number of aromatic amines is 1. The van der Waals surface area contributed by atoms with Gasteiger partial charge in [-0.2, -0.15) is 0 Å². The maximum atomic E-state index is 12.9. The molecule has 6 nitrogen and oxygen atoms in total. The smallest absolute Gasteiger partial charge is 0.278 e. The average Bonchev–Trinajstić information content (AvgIpc) is 3.29. The number of rotatable bonds is 2. The number of aromatic nitrogens is 3. The van der Waals surface area contributed by atoms with Crippen molar-refractivity contribution in [2.75, 3.05) is 0 Å². The maximum absolute atomic E-state index is 12.9. The van der Waals surface area contributed by atoms with Crippen molar-refractivity contribution in [3.05, 3.63) is 57.6 Å². The van der Waals surface area contributed by atoms with E-state index < -0.39 is 0 Å². The van der Waals surface area contributed by atoms with Crippen molar-refractivity contribution in [1.82, 2.24) is 19.5 Å². The van der Waals surface area contributed by atoms with Gasteiger partial charge >= 0.3 is 0 Å². The second kappa shape index (κ2) is 5.05. The molecule has 25 heavy (non-hydrogen) atoms. The summed E-state index contributed by atoms with van der Waals surface area (Å²) in [6, 6.07) is 9.93. The third-order valence-corrected chi connectivity index (χ3v) is 5.13. The van der Waals surface area contributed by atoms with Gasteiger partial charge in [-0.25, -0.2) is 9.50 Å². The maximum Gasteiger partial charge on any atom is 0.278 e. The van der Waals surface area contributed by atoms with E-state index in [1.165, 1.54) is 4.52 Å². The summed E-state index contributed by atoms with van der Waals surface area (Å²) < 4.78 is 1.52. The summed E-state index contributed by atoms with van der Waals surface area (Å²) in [7, 11) is 0. The predicted molar refractivity (Wildman–Crippen MR) is 93.0 cm³/mol. The van der Waals surface area contributed by atoms with Crippen LogP contribution in [0.1, 0.15) is 29.8 Å². The van der Waals surface area contributed by atoms with Crippen LogP contribution >= 0.6 is 0 Å². The van der Waals surface area contributed by atoms with Gasteiger partial charge in [-0.05, 0) is 25.3 Å². The van der Waals surface area contributed by atoms with Gasteiger partial charge in [0.2, 0.25) is 5.91 Å². The molecular formula is C19H18N4O2. The lowest BCUT2D eigenvalue weighted by Crippen LogP contribution is -2.27. The molecule has 2 aromatic heterocycles. The Morgan fingerprint density at radius 2 is 1.96 bits per heavy atom. The molecular weight excluding hydrogens is 316 g/mol. The number of aryl methyl sites for hydroxylation is 1. The molecule has 1 aromatic carbocycles. The summed E-state index contributed by atoms with van der Waals surface area (Å²) >= 11 is 0. The Hall–Kier alpha value is -2.89. The minimum Gasteiger partial charge on any atom is -0.332 e. The molecule has 3 heterocycles. The molecule has 0 bridgehead atoms. The second-order valence-corrected chi connectivity index (χ2v) is 6.95. The quantitative estimate of drug-likeness (QED) is 0.781. The molecule has 1 amide bonds. The molecule has 1 aliphatic heterocycles. The van der Waals surface area contributed by atoms with E-state index in [0.29, 0.717) is 24.3 Å². The number of nitrogens with zero attached hydrogens (tertiary/aromatic N) is 3. The third kappa shape index (κ3) is 2.13. The SMILES string of the molecule is Cc1[nH]n2c(=O)c3c(nc2c1-c1ccccc1)CN(C(=O)C1CC1)C3. The molecule has 0 spiro atoms. The van der Waals surface area contributed by atoms with Crippen molar-refractivity contribution in [1.29, 1.82) is 0 Å². The molecule has 6 heteroatoms. The fourth-order valence-electron chi connectivity index (χ4n) is 3.67. The van der Waals surface area contributed by atoms with Crippen LogP contribution in [0.15, 0.2) is 35.1 Å². The van der Waals surface area contributed by atoms with Gasteiger partial charge < -0.3 is 4.90 Å². The second-order valence-electron chi connectivity index (χ2n) is 6.95. The van der Waals surface area contributed by atoms with Gasteiger partial charge in [-0.1, -0.05) is 30.3 Å². The number of carbonyl (C=O) groups is 1. The summed E-state index contributed by atoms with van der Waals surface area (Å²) in [5, 5.41) is 3.14. The lowest BCUT2D eigenvalue weighted by atomic mass is 10.1. The molecule has 1 N–H and O–H groups in total. The van der Waals surface area contributed by atoms with Crippen molar-refractivity contribution in [3.8, 4) is 11.1 Å². The van der Waals surface area contributed by atoms with Gasteiger partial charge in [-0.3, -0.25) is 14.7 Å². The third-order valence-electron chi connectivity index (χ3n) is 5.13. The lowest BCUT2D eigenvalue weighted by Gasteiger charge is -2.13. The Kier molecular flexibility index (Phi) is 2.92. The standard InChI is InChI=1S/C19H18N4O2/c1-11-16(12-5-3-2-4-6-12)17-20-15-10-22(18(24)13-7-8-13)9-14(15)19(25)23(17)21-11/h2-6,13,21H,7-10H2,1H3. The van der Waals surface area contributed by atoms with E-state index in [0.717, 1.165) is 35.4 Å². The largest absolute Gasteiger partial charge is 0.332 e. The van der Waals surface area contributed by atoms with E-state index in [1.807, 2.05) is 37.3 Å². The van der Waals surface area contributed by atoms with E-state index in [9.17, 15) is 9.59 Å². The highest BCUT2D eigenvalue weighted by Crippen LogP contribution is 2.34. The zero-order valence-electron chi connectivity index (χ0n) is 14.0. The van der Waals surface area contributed by atoms with Crippen molar-refractivity contribution in [3.63, 3.8) is 0 Å². The Balaban J connectivity index is 1.66. The summed E-state index contributed by atoms with van der Waals surface area (Å²) in [5.41, 5.74) is 4.76. The molecule has 3 aromatic rings. The van der Waals surface area contributed by atoms with Gasteiger partial charge in [0.1, 0.15) is 0 Å². The molecule has 0 saturated heterocycles. The number of H-pyrrole nitrogens is 1. The number of benzene rings is 1. The first-order valence-corrected chi connectivity index (χ1v) is 8.61. The van der Waals surface area contributed by atoms with E-state index in [1.54, 1.807) is 4.90 Å². The summed E-state index contributed by atoms with van der Waals surface area (Å²) in [5.74, 6) is 0.314. The fourth-order valence-corrected chi connectivity index (χ4v) is 3.67.